The van der Waals surface area contributed by atoms with Gasteiger partial charge in [0.15, 0.2) is 5.78 Å². The number of ketones is 1. The number of anilines is 1. The molecule has 1 saturated heterocycles. The highest BCUT2D eigenvalue weighted by Gasteiger charge is 2.26. The number of piperidine rings is 1. The molecule has 1 aliphatic rings. The third-order valence-electron chi connectivity index (χ3n) is 5.35. The molecule has 0 aromatic heterocycles. The van der Waals surface area contributed by atoms with Crippen LogP contribution in [0.25, 0.3) is 6.08 Å². The fraction of sp³-hybridized carbons (Fsp3) is 0.320. The molecule has 32 heavy (non-hydrogen) atoms. The van der Waals surface area contributed by atoms with Gasteiger partial charge in [0.25, 0.3) is 0 Å². The van der Waals surface area contributed by atoms with Gasteiger partial charge in [-0.1, -0.05) is 23.7 Å². The lowest BCUT2D eigenvalue weighted by Crippen LogP contribution is -2.40. The first-order chi connectivity index (χ1) is 15.4. The molecule has 1 N–H and O–H groups in total. The lowest BCUT2D eigenvalue weighted by molar-refractivity contribution is -0.137. The quantitative estimate of drug-likeness (QED) is 0.362. The number of hydrogen-bond acceptors (Lipinski definition) is 5. The third-order valence-corrected chi connectivity index (χ3v) is 5.60. The molecular weight excluding hydrogens is 428 g/mol. The highest BCUT2D eigenvalue weighted by molar-refractivity contribution is 6.30. The maximum Gasteiger partial charge on any atom is 0.330 e. The zero-order valence-corrected chi connectivity index (χ0v) is 18.8. The molecule has 0 bridgehead atoms. The number of hydrogen-bond donors (Lipinski definition) is 1. The molecular formula is C25H27ClN2O4. The third kappa shape index (κ3) is 7.04. The van der Waals surface area contributed by atoms with Crippen LogP contribution in [0, 0.1) is 5.92 Å². The van der Waals surface area contributed by atoms with E-state index in [4.69, 9.17) is 16.3 Å². The lowest BCUT2D eigenvalue weighted by atomic mass is 9.89. The van der Waals surface area contributed by atoms with Gasteiger partial charge >= 0.3 is 5.97 Å². The topological polar surface area (TPSA) is 75.7 Å². The van der Waals surface area contributed by atoms with E-state index in [1.54, 1.807) is 49.4 Å². The predicted molar refractivity (Wildman–Crippen MR) is 126 cm³/mol. The number of nitrogens with zero attached hydrogens (tertiary/aromatic N) is 1. The average molecular weight is 455 g/mol. The lowest BCUT2D eigenvalue weighted by Gasteiger charge is -2.30. The molecule has 1 aliphatic heterocycles. The van der Waals surface area contributed by atoms with Gasteiger partial charge < -0.3 is 10.1 Å². The molecule has 168 valence electrons. The van der Waals surface area contributed by atoms with Crippen LogP contribution in [-0.2, 0) is 14.3 Å². The maximum atomic E-state index is 12.7. The molecule has 3 rings (SSSR count). The van der Waals surface area contributed by atoms with Gasteiger partial charge in [-0.05, 0) is 80.9 Å². The summed E-state index contributed by atoms with van der Waals surface area (Å²) in [4.78, 5) is 38.5. The summed E-state index contributed by atoms with van der Waals surface area (Å²) in [5.41, 5.74) is 2.21. The molecule has 0 spiro atoms. The molecule has 2 aromatic rings. The summed E-state index contributed by atoms with van der Waals surface area (Å²) in [7, 11) is 0. The summed E-state index contributed by atoms with van der Waals surface area (Å²) in [5, 5.41) is 3.51. The fourth-order valence-corrected chi connectivity index (χ4v) is 3.76. The second kappa shape index (κ2) is 11.6. The summed E-state index contributed by atoms with van der Waals surface area (Å²) in [6.07, 6.45) is 4.50. The van der Waals surface area contributed by atoms with E-state index in [1.165, 1.54) is 6.08 Å². The molecule has 1 fully saturated rings. The predicted octanol–water partition coefficient (Wildman–Crippen LogP) is 4.45. The van der Waals surface area contributed by atoms with Gasteiger partial charge in [-0.25, -0.2) is 4.79 Å². The highest BCUT2D eigenvalue weighted by Crippen LogP contribution is 2.23. The van der Waals surface area contributed by atoms with Crippen molar-refractivity contribution in [3.63, 3.8) is 0 Å². The molecule has 2 aromatic carbocycles. The average Bonchev–Trinajstić information content (AvgIpc) is 2.79. The summed E-state index contributed by atoms with van der Waals surface area (Å²) in [6.45, 7) is 3.78. The smallest absolute Gasteiger partial charge is 0.330 e. The van der Waals surface area contributed by atoms with Crippen molar-refractivity contribution in [3.8, 4) is 0 Å². The molecule has 0 radical (unpaired) electrons. The molecule has 0 saturated carbocycles. The molecule has 0 aliphatic carbocycles. The van der Waals surface area contributed by atoms with Gasteiger partial charge in [0.1, 0.15) is 0 Å². The first kappa shape index (κ1) is 23.7. The van der Waals surface area contributed by atoms with Crippen molar-refractivity contribution in [2.45, 2.75) is 19.8 Å². The second-order valence-electron chi connectivity index (χ2n) is 7.68. The number of ether oxygens (including phenoxy) is 1. The molecule has 1 heterocycles. The minimum absolute atomic E-state index is 0.0225. The number of rotatable bonds is 8. The van der Waals surface area contributed by atoms with Crippen LogP contribution in [0.1, 0.15) is 35.7 Å². The van der Waals surface area contributed by atoms with Crippen LogP contribution in [0.2, 0.25) is 5.02 Å². The maximum absolute atomic E-state index is 12.7. The van der Waals surface area contributed by atoms with E-state index in [-0.39, 0.29) is 30.1 Å². The van der Waals surface area contributed by atoms with E-state index < -0.39 is 0 Å². The molecule has 7 heteroatoms. The van der Waals surface area contributed by atoms with E-state index in [9.17, 15) is 14.4 Å². The highest BCUT2D eigenvalue weighted by atomic mass is 35.5. The van der Waals surface area contributed by atoms with Crippen molar-refractivity contribution in [1.29, 1.82) is 0 Å². The van der Waals surface area contributed by atoms with E-state index in [1.807, 2.05) is 12.1 Å². The Morgan fingerprint density at radius 1 is 1.06 bits per heavy atom. The number of carbonyl (C=O) groups is 3. The summed E-state index contributed by atoms with van der Waals surface area (Å²) >= 11 is 5.90. The monoisotopic (exact) mass is 454 g/mol. The number of likely N-dealkylation sites (tertiary alicyclic amines) is 1. The van der Waals surface area contributed by atoms with Crippen LogP contribution in [-0.4, -0.2) is 48.8 Å². The number of benzene rings is 2. The van der Waals surface area contributed by atoms with Gasteiger partial charge in [0, 0.05) is 28.3 Å². The van der Waals surface area contributed by atoms with Gasteiger partial charge in [-0.15, -0.1) is 0 Å². The summed E-state index contributed by atoms with van der Waals surface area (Å²) in [6, 6.07) is 14.2. The Morgan fingerprint density at radius 3 is 2.34 bits per heavy atom. The second-order valence-corrected chi connectivity index (χ2v) is 8.11. The van der Waals surface area contributed by atoms with Crippen molar-refractivity contribution in [3.05, 3.63) is 70.8 Å². The Morgan fingerprint density at radius 2 is 1.72 bits per heavy atom. The van der Waals surface area contributed by atoms with Crippen LogP contribution in [0.5, 0.6) is 0 Å². The van der Waals surface area contributed by atoms with E-state index in [0.717, 1.165) is 18.4 Å². The molecule has 0 atom stereocenters. The van der Waals surface area contributed by atoms with Crippen molar-refractivity contribution in [1.82, 2.24) is 4.90 Å². The van der Waals surface area contributed by atoms with Crippen molar-refractivity contribution < 1.29 is 19.1 Å². The van der Waals surface area contributed by atoms with Gasteiger partial charge in [0.05, 0.1) is 13.2 Å². The van der Waals surface area contributed by atoms with Crippen LogP contribution < -0.4 is 5.32 Å². The Labute approximate surface area is 193 Å². The largest absolute Gasteiger partial charge is 0.463 e. The van der Waals surface area contributed by atoms with Crippen LogP contribution in [0.4, 0.5) is 5.69 Å². The van der Waals surface area contributed by atoms with Crippen molar-refractivity contribution in [2.75, 3.05) is 31.6 Å². The van der Waals surface area contributed by atoms with Crippen molar-refractivity contribution >= 4 is 41.0 Å². The standard InChI is InChI=1S/C25H27ClN2O4/c1-2-32-24(30)12-5-18-3-10-22(11-4-18)27-23(29)17-28-15-13-20(14-16-28)25(31)19-6-8-21(26)9-7-19/h3-12,20H,2,13-17H2,1H3,(H,27,29). The first-order valence-electron chi connectivity index (χ1n) is 10.7. The Kier molecular flexibility index (Phi) is 8.59. The summed E-state index contributed by atoms with van der Waals surface area (Å²) < 4.78 is 4.85. The zero-order valence-electron chi connectivity index (χ0n) is 18.1. The minimum atomic E-state index is -0.386. The van der Waals surface area contributed by atoms with Crippen molar-refractivity contribution in [2.24, 2.45) is 5.92 Å². The van der Waals surface area contributed by atoms with Crippen LogP contribution in [0.15, 0.2) is 54.6 Å². The number of esters is 1. The number of nitrogens with one attached hydrogen (secondary N) is 1. The number of Topliss-reactive ketones (excluding diaryl/α,β-unsaturated/α-hetero) is 1. The number of amides is 1. The van der Waals surface area contributed by atoms with E-state index in [0.29, 0.717) is 36.0 Å². The Bertz CT molecular complexity index is 962. The Hall–Kier alpha value is -2.96. The SMILES string of the molecule is CCOC(=O)C=Cc1ccc(NC(=O)CN2CCC(C(=O)c3ccc(Cl)cc3)CC2)cc1. The zero-order chi connectivity index (χ0) is 22.9. The van der Waals surface area contributed by atoms with E-state index >= 15 is 0 Å². The fourth-order valence-electron chi connectivity index (χ4n) is 3.64. The first-order valence-corrected chi connectivity index (χ1v) is 11.1. The van der Waals surface area contributed by atoms with E-state index in [2.05, 4.69) is 10.2 Å². The van der Waals surface area contributed by atoms with Gasteiger partial charge in [0.2, 0.25) is 5.91 Å². The Balaban J connectivity index is 1.43. The normalized spacial score (nSPS) is 14.9. The molecule has 1 amide bonds. The molecule has 6 nitrogen and oxygen atoms in total. The molecule has 0 unspecified atom stereocenters. The summed E-state index contributed by atoms with van der Waals surface area (Å²) in [5.74, 6) is -0.362. The van der Waals surface area contributed by atoms with Crippen LogP contribution in [0.3, 0.4) is 0 Å². The minimum Gasteiger partial charge on any atom is -0.463 e. The number of carbonyl (C=O) groups excluding carboxylic acids is 3. The van der Waals surface area contributed by atoms with Gasteiger partial charge in [-0.2, -0.15) is 0 Å². The van der Waals surface area contributed by atoms with Gasteiger partial charge in [-0.3, -0.25) is 14.5 Å². The van der Waals surface area contributed by atoms with Crippen LogP contribution >= 0.6 is 11.6 Å². The number of halogens is 1.